The second-order valence-electron chi connectivity index (χ2n) is 8.33. The first kappa shape index (κ1) is 23.0. The van der Waals surface area contributed by atoms with Gasteiger partial charge in [0.2, 0.25) is 5.91 Å². The fourth-order valence-corrected chi connectivity index (χ4v) is 5.48. The molecule has 1 aromatic heterocycles. The molecule has 0 atom stereocenters. The maximum atomic E-state index is 13.0. The van der Waals surface area contributed by atoms with Gasteiger partial charge in [0.1, 0.15) is 6.54 Å². The highest BCUT2D eigenvalue weighted by Crippen LogP contribution is 2.34. The molecule has 0 saturated carbocycles. The smallest absolute Gasteiger partial charge is 0.294 e. The molecule has 3 amide bonds. The molecule has 3 aromatic rings. The third-order valence-electron chi connectivity index (χ3n) is 6.07. The molecule has 3 heterocycles. The number of thioether (sulfide) groups is 1. The number of benzene rings is 2. The third kappa shape index (κ3) is 4.48. The Bertz CT molecular complexity index is 1340. The van der Waals surface area contributed by atoms with Crippen LogP contribution in [-0.4, -0.2) is 51.1 Å². The molecule has 5 rings (SSSR count). The number of fused-ring (bicyclic) bond motifs is 1. The van der Waals surface area contributed by atoms with Gasteiger partial charge in [0.25, 0.3) is 11.1 Å². The van der Waals surface area contributed by atoms with Crippen LogP contribution >= 0.6 is 35.0 Å². The van der Waals surface area contributed by atoms with Gasteiger partial charge in [-0.3, -0.25) is 19.3 Å². The summed E-state index contributed by atoms with van der Waals surface area (Å²) in [7, 11) is 0. The van der Waals surface area contributed by atoms with E-state index >= 15 is 0 Å². The average Bonchev–Trinajstić information content (AvgIpc) is 3.53. The van der Waals surface area contributed by atoms with E-state index in [9.17, 15) is 14.4 Å². The SMILES string of the molecule is O=C(CN1C(=O)S/C(=C/c2cn(Cc3ccc(Cl)c(Cl)c3)c3ccccc23)C1=O)N1CCCC1. The molecule has 0 spiro atoms. The van der Waals surface area contributed by atoms with Crippen molar-refractivity contribution in [1.82, 2.24) is 14.4 Å². The van der Waals surface area contributed by atoms with Gasteiger partial charge in [0, 0.05) is 42.3 Å². The quantitative estimate of drug-likeness (QED) is 0.413. The summed E-state index contributed by atoms with van der Waals surface area (Å²) in [6.07, 6.45) is 5.61. The van der Waals surface area contributed by atoms with Gasteiger partial charge in [-0.2, -0.15) is 0 Å². The Morgan fingerprint density at radius 1 is 1.03 bits per heavy atom. The molecule has 2 fully saturated rings. The van der Waals surface area contributed by atoms with Crippen LogP contribution in [0.5, 0.6) is 0 Å². The zero-order valence-electron chi connectivity index (χ0n) is 18.2. The first-order chi connectivity index (χ1) is 16.4. The van der Waals surface area contributed by atoms with Crippen molar-refractivity contribution in [1.29, 1.82) is 0 Å². The molecule has 6 nitrogen and oxygen atoms in total. The van der Waals surface area contributed by atoms with Crippen LogP contribution in [0, 0.1) is 0 Å². The van der Waals surface area contributed by atoms with Crippen molar-refractivity contribution in [3.05, 3.63) is 74.7 Å². The zero-order chi connectivity index (χ0) is 23.8. The molecule has 0 unspecified atom stereocenters. The van der Waals surface area contributed by atoms with Gasteiger partial charge in [0.15, 0.2) is 0 Å². The van der Waals surface area contributed by atoms with Crippen LogP contribution in [0.3, 0.4) is 0 Å². The number of rotatable bonds is 5. The molecule has 0 radical (unpaired) electrons. The van der Waals surface area contributed by atoms with Gasteiger partial charge in [0.05, 0.1) is 15.0 Å². The molecular weight excluding hydrogens is 493 g/mol. The fraction of sp³-hybridized carbons (Fsp3) is 0.240. The maximum absolute atomic E-state index is 13.0. The van der Waals surface area contributed by atoms with Gasteiger partial charge < -0.3 is 9.47 Å². The Balaban J connectivity index is 1.42. The topological polar surface area (TPSA) is 62.6 Å². The minimum atomic E-state index is -0.427. The molecule has 9 heteroatoms. The van der Waals surface area contributed by atoms with Gasteiger partial charge in [-0.1, -0.05) is 47.5 Å². The summed E-state index contributed by atoms with van der Waals surface area (Å²) >= 11 is 13.1. The van der Waals surface area contributed by atoms with Crippen LogP contribution < -0.4 is 0 Å². The van der Waals surface area contributed by atoms with Crippen molar-refractivity contribution in [2.45, 2.75) is 19.4 Å². The summed E-state index contributed by atoms with van der Waals surface area (Å²) in [5.41, 5.74) is 2.80. The summed E-state index contributed by atoms with van der Waals surface area (Å²) < 4.78 is 2.07. The van der Waals surface area contributed by atoms with E-state index in [0.29, 0.717) is 34.6 Å². The Morgan fingerprint density at radius 2 is 1.79 bits per heavy atom. The summed E-state index contributed by atoms with van der Waals surface area (Å²) in [4.78, 5) is 41.1. The van der Waals surface area contributed by atoms with Crippen molar-refractivity contribution >= 4 is 69.0 Å². The lowest BCUT2D eigenvalue weighted by atomic mass is 10.1. The van der Waals surface area contributed by atoms with Crippen LogP contribution in [0.1, 0.15) is 24.0 Å². The first-order valence-corrected chi connectivity index (χ1v) is 12.5. The Morgan fingerprint density at radius 3 is 2.56 bits per heavy atom. The van der Waals surface area contributed by atoms with E-state index in [0.717, 1.165) is 51.5 Å². The molecule has 2 aromatic carbocycles. The molecule has 2 saturated heterocycles. The number of imide groups is 1. The first-order valence-electron chi connectivity index (χ1n) is 11.0. The van der Waals surface area contributed by atoms with E-state index in [2.05, 4.69) is 4.57 Å². The van der Waals surface area contributed by atoms with Crippen LogP contribution in [0.25, 0.3) is 17.0 Å². The van der Waals surface area contributed by atoms with E-state index in [1.54, 1.807) is 17.0 Å². The largest absolute Gasteiger partial charge is 0.342 e. The number of aromatic nitrogens is 1. The Labute approximate surface area is 211 Å². The highest BCUT2D eigenvalue weighted by molar-refractivity contribution is 8.18. The number of carbonyl (C=O) groups is 3. The number of amides is 3. The zero-order valence-corrected chi connectivity index (χ0v) is 20.5. The predicted molar refractivity (Wildman–Crippen MR) is 136 cm³/mol. The lowest BCUT2D eigenvalue weighted by molar-refractivity contribution is -0.135. The van der Waals surface area contributed by atoms with Crippen LogP contribution in [0.15, 0.2) is 53.6 Å². The maximum Gasteiger partial charge on any atom is 0.294 e. The molecule has 0 bridgehead atoms. The number of hydrogen-bond donors (Lipinski definition) is 0. The highest BCUT2D eigenvalue weighted by Gasteiger charge is 2.37. The minimum Gasteiger partial charge on any atom is -0.342 e. The number of likely N-dealkylation sites (tertiary alicyclic amines) is 1. The number of para-hydroxylation sites is 1. The van der Waals surface area contributed by atoms with E-state index in [-0.39, 0.29) is 12.5 Å². The van der Waals surface area contributed by atoms with Gasteiger partial charge >= 0.3 is 0 Å². The number of carbonyl (C=O) groups excluding carboxylic acids is 3. The number of nitrogens with zero attached hydrogens (tertiary/aromatic N) is 3. The number of hydrogen-bond acceptors (Lipinski definition) is 4. The summed E-state index contributed by atoms with van der Waals surface area (Å²) in [5.74, 6) is -0.608. The third-order valence-corrected chi connectivity index (χ3v) is 7.72. The van der Waals surface area contributed by atoms with Crippen molar-refractivity contribution in [3.63, 3.8) is 0 Å². The molecule has 0 aliphatic carbocycles. The molecule has 34 heavy (non-hydrogen) atoms. The van der Waals surface area contributed by atoms with Crippen molar-refractivity contribution in [2.24, 2.45) is 0 Å². The van der Waals surface area contributed by atoms with E-state index in [1.807, 2.05) is 42.6 Å². The molecule has 2 aliphatic rings. The van der Waals surface area contributed by atoms with E-state index in [4.69, 9.17) is 23.2 Å². The van der Waals surface area contributed by atoms with Crippen molar-refractivity contribution in [3.8, 4) is 0 Å². The molecular formula is C25H21Cl2N3O3S. The molecule has 0 N–H and O–H groups in total. The fourth-order valence-electron chi connectivity index (χ4n) is 4.34. The number of halogens is 2. The second kappa shape index (κ2) is 9.49. The van der Waals surface area contributed by atoms with E-state index < -0.39 is 11.1 Å². The average molecular weight is 514 g/mol. The molecule has 2 aliphatic heterocycles. The minimum absolute atomic E-state index is 0.181. The van der Waals surface area contributed by atoms with Gasteiger partial charge in [-0.05, 0) is 54.4 Å². The Kier molecular flexibility index (Phi) is 6.42. The van der Waals surface area contributed by atoms with E-state index in [1.165, 1.54) is 0 Å². The highest BCUT2D eigenvalue weighted by atomic mass is 35.5. The lowest BCUT2D eigenvalue weighted by Crippen LogP contribution is -2.40. The van der Waals surface area contributed by atoms with Crippen molar-refractivity contribution < 1.29 is 14.4 Å². The monoisotopic (exact) mass is 513 g/mol. The molecule has 174 valence electrons. The summed E-state index contributed by atoms with van der Waals surface area (Å²) in [5, 5.41) is 1.54. The Hall–Kier alpha value is -2.74. The summed E-state index contributed by atoms with van der Waals surface area (Å²) in [6, 6.07) is 13.4. The van der Waals surface area contributed by atoms with Gasteiger partial charge in [-0.15, -0.1) is 0 Å². The standard InChI is InChI=1S/C25H21Cl2N3O3S/c26-19-8-7-16(11-20(19)27)13-29-14-17(18-5-1-2-6-21(18)29)12-22-24(32)30(25(33)34-22)15-23(31)28-9-3-4-10-28/h1-2,5-8,11-12,14H,3-4,9-10,13,15H2/b22-12+. The van der Waals surface area contributed by atoms with Crippen LogP contribution in [-0.2, 0) is 16.1 Å². The van der Waals surface area contributed by atoms with Crippen molar-refractivity contribution in [2.75, 3.05) is 19.6 Å². The van der Waals surface area contributed by atoms with Crippen LogP contribution in [0.2, 0.25) is 10.0 Å². The van der Waals surface area contributed by atoms with Crippen LogP contribution in [0.4, 0.5) is 4.79 Å². The summed E-state index contributed by atoms with van der Waals surface area (Å²) in [6.45, 7) is 1.73. The lowest BCUT2D eigenvalue weighted by Gasteiger charge is -2.18. The van der Waals surface area contributed by atoms with Gasteiger partial charge in [-0.25, -0.2) is 0 Å². The second-order valence-corrected chi connectivity index (χ2v) is 10.1. The normalized spacial score (nSPS) is 17.5. The predicted octanol–water partition coefficient (Wildman–Crippen LogP) is 5.66.